The van der Waals surface area contributed by atoms with Crippen molar-refractivity contribution in [2.75, 3.05) is 5.84 Å². The first kappa shape index (κ1) is 16.0. The van der Waals surface area contributed by atoms with E-state index >= 15 is 0 Å². The zero-order valence-electron chi connectivity index (χ0n) is 12.0. The molecule has 0 saturated carbocycles. The van der Waals surface area contributed by atoms with Crippen LogP contribution in [0.1, 0.15) is 23.2 Å². The average molecular weight is 319 g/mol. The lowest BCUT2D eigenvalue weighted by Gasteiger charge is -2.08. The van der Waals surface area contributed by atoms with Crippen LogP contribution in [0.5, 0.6) is 0 Å². The molecule has 2 rings (SSSR count). The number of carboxylic acids is 1. The van der Waals surface area contributed by atoms with Gasteiger partial charge in [-0.15, -0.1) is 10.2 Å². The number of carbonyl (C=O) groups excluding carboxylic acids is 1. The van der Waals surface area contributed by atoms with Gasteiger partial charge in [-0.3, -0.25) is 4.79 Å². The van der Waals surface area contributed by atoms with Crippen molar-refractivity contribution in [3.05, 3.63) is 51.4 Å². The Bertz CT molecular complexity index is 745. The van der Waals surface area contributed by atoms with Crippen LogP contribution in [0.4, 0.5) is 0 Å². The van der Waals surface area contributed by atoms with Gasteiger partial charge in [0, 0.05) is 18.1 Å². The molecule has 1 aromatic carbocycles. The van der Waals surface area contributed by atoms with Crippen LogP contribution in [0, 0.1) is 6.92 Å². The fraction of sp³-hybridized carbons (Fsp3) is 0.286. The van der Waals surface area contributed by atoms with Gasteiger partial charge in [-0.1, -0.05) is 41.6 Å². The van der Waals surface area contributed by atoms with Crippen molar-refractivity contribution < 1.29 is 9.90 Å². The van der Waals surface area contributed by atoms with Gasteiger partial charge < -0.3 is 15.7 Å². The standard InChI is InChI=1S/C14H16N4O3S/c1-9-3-2-4-10(7-9)8-22-14-17-16-11(5-6-12(19)20)13(21)18(14)15/h2-4,7H,5-6,8,15H2,1H3,(H,19,20)/p-1. The van der Waals surface area contributed by atoms with Crippen molar-refractivity contribution in [3.8, 4) is 0 Å². The van der Waals surface area contributed by atoms with Crippen LogP contribution in [0.2, 0.25) is 0 Å². The molecule has 2 N–H and O–H groups in total. The summed E-state index contributed by atoms with van der Waals surface area (Å²) < 4.78 is 0.901. The van der Waals surface area contributed by atoms with E-state index in [4.69, 9.17) is 5.84 Å². The maximum Gasteiger partial charge on any atom is 0.294 e. The number of nitrogens with zero attached hydrogens (tertiary/aromatic N) is 3. The van der Waals surface area contributed by atoms with Gasteiger partial charge in [0.05, 0.1) is 0 Å². The third kappa shape index (κ3) is 4.08. The molecule has 0 aliphatic carbocycles. The molecule has 0 saturated heterocycles. The lowest BCUT2D eigenvalue weighted by Crippen LogP contribution is -2.34. The highest BCUT2D eigenvalue weighted by atomic mass is 32.2. The summed E-state index contributed by atoms with van der Waals surface area (Å²) in [7, 11) is 0. The number of thioether (sulfide) groups is 1. The van der Waals surface area contributed by atoms with Crippen molar-refractivity contribution in [2.24, 2.45) is 0 Å². The zero-order chi connectivity index (χ0) is 16.1. The third-order valence-electron chi connectivity index (χ3n) is 2.94. The van der Waals surface area contributed by atoms with Crippen molar-refractivity contribution in [1.29, 1.82) is 0 Å². The Balaban J connectivity index is 2.10. The smallest absolute Gasteiger partial charge is 0.294 e. The predicted molar refractivity (Wildman–Crippen MR) is 80.5 cm³/mol. The van der Waals surface area contributed by atoms with Crippen molar-refractivity contribution >= 4 is 17.7 Å². The molecule has 0 amide bonds. The molecule has 0 bridgehead atoms. The minimum atomic E-state index is -1.25. The lowest BCUT2D eigenvalue weighted by molar-refractivity contribution is -0.305. The van der Waals surface area contributed by atoms with E-state index in [2.05, 4.69) is 10.2 Å². The van der Waals surface area contributed by atoms with Gasteiger partial charge in [0.2, 0.25) is 5.16 Å². The molecule has 22 heavy (non-hydrogen) atoms. The third-order valence-corrected chi connectivity index (χ3v) is 3.96. The van der Waals surface area contributed by atoms with Crippen LogP contribution in [-0.4, -0.2) is 20.8 Å². The summed E-state index contributed by atoms with van der Waals surface area (Å²) in [4.78, 5) is 22.4. The van der Waals surface area contributed by atoms with Gasteiger partial charge in [0.15, 0.2) is 0 Å². The lowest BCUT2D eigenvalue weighted by atomic mass is 10.2. The number of nitrogen functional groups attached to an aromatic ring is 1. The van der Waals surface area contributed by atoms with Gasteiger partial charge in [0.1, 0.15) is 5.69 Å². The van der Waals surface area contributed by atoms with Crippen LogP contribution in [0.3, 0.4) is 0 Å². The summed E-state index contributed by atoms with van der Waals surface area (Å²) >= 11 is 1.29. The Kier molecular flexibility index (Phi) is 5.16. The van der Waals surface area contributed by atoms with E-state index in [0.717, 1.165) is 15.8 Å². The topological polar surface area (TPSA) is 114 Å². The van der Waals surface area contributed by atoms with E-state index in [0.29, 0.717) is 5.75 Å². The van der Waals surface area contributed by atoms with Gasteiger partial charge in [-0.25, -0.2) is 0 Å². The summed E-state index contributed by atoms with van der Waals surface area (Å²) in [6, 6.07) is 7.96. The van der Waals surface area contributed by atoms with Crippen LogP contribution in [0.15, 0.2) is 34.2 Å². The molecule has 0 unspecified atom stereocenters. The number of rotatable bonds is 6. The summed E-state index contributed by atoms with van der Waals surface area (Å²) in [5.74, 6) is 5.06. The van der Waals surface area contributed by atoms with Crippen molar-refractivity contribution in [1.82, 2.24) is 14.9 Å². The van der Waals surface area contributed by atoms with Crippen LogP contribution in [0.25, 0.3) is 0 Å². The van der Waals surface area contributed by atoms with Crippen LogP contribution >= 0.6 is 11.8 Å². The molecule has 0 radical (unpaired) electrons. The fourth-order valence-electron chi connectivity index (χ4n) is 1.85. The summed E-state index contributed by atoms with van der Waals surface area (Å²) in [6.45, 7) is 2.00. The second kappa shape index (κ2) is 7.08. The molecular formula is C14H15N4O3S-. The molecule has 0 atom stereocenters. The Hall–Kier alpha value is -2.35. The van der Waals surface area contributed by atoms with E-state index in [1.165, 1.54) is 11.8 Å². The average Bonchev–Trinajstić information content (AvgIpc) is 2.47. The first-order chi connectivity index (χ1) is 10.5. The quantitative estimate of drug-likeness (QED) is 0.571. The fourth-order valence-corrected chi connectivity index (χ4v) is 2.64. The van der Waals surface area contributed by atoms with Gasteiger partial charge in [-0.2, -0.15) is 4.68 Å². The number of hydrogen-bond acceptors (Lipinski definition) is 7. The highest BCUT2D eigenvalue weighted by Crippen LogP contribution is 2.19. The summed E-state index contributed by atoms with van der Waals surface area (Å²) in [5, 5.41) is 18.4. The second-order valence-corrected chi connectivity index (χ2v) is 5.70. The van der Waals surface area contributed by atoms with Gasteiger partial charge >= 0.3 is 0 Å². The van der Waals surface area contributed by atoms with Crippen LogP contribution in [-0.2, 0) is 17.0 Å². The Morgan fingerprint density at radius 1 is 1.41 bits per heavy atom. The number of aryl methyl sites for hydroxylation is 2. The highest BCUT2D eigenvalue weighted by Gasteiger charge is 2.10. The molecule has 0 spiro atoms. The molecule has 7 nitrogen and oxygen atoms in total. The molecular weight excluding hydrogens is 304 g/mol. The number of carboxylic acid groups (broad SMARTS) is 1. The first-order valence-corrected chi connectivity index (χ1v) is 7.58. The molecule has 1 heterocycles. The van der Waals surface area contributed by atoms with E-state index < -0.39 is 11.5 Å². The maximum atomic E-state index is 12.0. The number of aliphatic carboxylic acids is 1. The Morgan fingerprint density at radius 3 is 2.86 bits per heavy atom. The number of hydrogen-bond donors (Lipinski definition) is 1. The first-order valence-electron chi connectivity index (χ1n) is 6.59. The molecule has 0 aliphatic rings. The van der Waals surface area contributed by atoms with Crippen LogP contribution < -0.4 is 16.5 Å². The largest absolute Gasteiger partial charge is 0.550 e. The number of nitrogens with two attached hydrogens (primary N) is 1. The van der Waals surface area contributed by atoms with Gasteiger partial charge in [-0.05, 0) is 18.9 Å². The zero-order valence-corrected chi connectivity index (χ0v) is 12.8. The minimum absolute atomic E-state index is 0.0200. The number of aromatic nitrogens is 3. The monoisotopic (exact) mass is 319 g/mol. The van der Waals surface area contributed by atoms with Crippen molar-refractivity contribution in [3.63, 3.8) is 0 Å². The normalized spacial score (nSPS) is 10.6. The Labute approximate surface area is 131 Å². The summed E-state index contributed by atoms with van der Waals surface area (Å²) in [6.07, 6.45) is -0.339. The van der Waals surface area contributed by atoms with E-state index in [-0.39, 0.29) is 23.7 Å². The van der Waals surface area contributed by atoms with Crippen molar-refractivity contribution in [2.45, 2.75) is 30.7 Å². The van der Waals surface area contributed by atoms with Gasteiger partial charge in [0.25, 0.3) is 5.56 Å². The predicted octanol–water partition coefficient (Wildman–Crippen LogP) is -0.365. The second-order valence-electron chi connectivity index (χ2n) is 4.75. The minimum Gasteiger partial charge on any atom is -0.550 e. The molecule has 2 aromatic rings. The molecule has 116 valence electrons. The molecule has 0 aliphatic heterocycles. The SMILES string of the molecule is Cc1cccc(CSc2nnc(CCC(=O)[O-])c(=O)n2N)c1. The van der Waals surface area contributed by atoms with E-state index in [1.807, 2.05) is 31.2 Å². The summed E-state index contributed by atoms with van der Waals surface area (Å²) in [5.41, 5.74) is 1.71. The maximum absolute atomic E-state index is 12.0. The number of carbonyl (C=O) groups is 1. The number of benzene rings is 1. The highest BCUT2D eigenvalue weighted by molar-refractivity contribution is 7.98. The van der Waals surface area contributed by atoms with E-state index in [1.54, 1.807) is 0 Å². The molecule has 8 heteroatoms. The molecule has 1 aromatic heterocycles. The Morgan fingerprint density at radius 2 is 2.18 bits per heavy atom. The van der Waals surface area contributed by atoms with E-state index in [9.17, 15) is 14.7 Å². The molecule has 0 fully saturated rings.